The Bertz CT molecular complexity index is 308. The lowest BCUT2D eigenvalue weighted by atomic mass is 10.3. The second kappa shape index (κ2) is 5.47. The molecular weight excluding hydrogens is 178 g/mol. The topological polar surface area (TPSA) is 82.9 Å². The molecular formula is C6H9N3O2S. The van der Waals surface area contributed by atoms with Gasteiger partial charge in [-0.3, -0.25) is 0 Å². The number of unbranched alkanes of at least 4 members (excludes halogenated alkanes) is 2. The van der Waals surface area contributed by atoms with Crippen LogP contribution >= 0.6 is 0 Å². The van der Waals surface area contributed by atoms with Crippen molar-refractivity contribution in [1.82, 2.24) is 0 Å². The Morgan fingerprint density at radius 3 is 2.67 bits per heavy atom. The van der Waals surface area contributed by atoms with Gasteiger partial charge in [0.05, 0.1) is 5.75 Å². The lowest BCUT2D eigenvalue weighted by Crippen LogP contribution is -2.00. The second-order valence-electron chi connectivity index (χ2n) is 2.12. The van der Waals surface area contributed by atoms with Crippen LogP contribution in [0.2, 0.25) is 0 Å². The Kier molecular flexibility index (Phi) is 4.93. The summed E-state index contributed by atoms with van der Waals surface area (Å²) in [7, 11) is -3.57. The molecule has 0 aromatic carbocycles. The normalized spacial score (nSPS) is 9.92. The molecule has 12 heavy (non-hydrogen) atoms. The van der Waals surface area contributed by atoms with Gasteiger partial charge in [0.2, 0.25) is 10.0 Å². The highest BCUT2D eigenvalue weighted by molar-refractivity contribution is 7.89. The number of terminal acetylenes is 1. The number of hydrogen-bond acceptors (Lipinski definition) is 2. The third-order valence-electron chi connectivity index (χ3n) is 1.13. The molecule has 0 aliphatic carbocycles. The average molecular weight is 187 g/mol. The fourth-order valence-corrected chi connectivity index (χ4v) is 1.37. The first-order valence-electron chi connectivity index (χ1n) is 3.35. The van der Waals surface area contributed by atoms with E-state index in [1.807, 2.05) is 0 Å². The van der Waals surface area contributed by atoms with Gasteiger partial charge in [-0.05, 0) is 18.4 Å². The van der Waals surface area contributed by atoms with Crippen LogP contribution in [0.15, 0.2) is 4.52 Å². The summed E-state index contributed by atoms with van der Waals surface area (Å²) in [4.78, 5) is 2.20. The molecule has 0 aromatic rings. The van der Waals surface area contributed by atoms with Gasteiger partial charge < -0.3 is 0 Å². The number of hydrogen-bond donors (Lipinski definition) is 0. The van der Waals surface area contributed by atoms with Crippen molar-refractivity contribution in [2.45, 2.75) is 19.3 Å². The first-order valence-corrected chi connectivity index (χ1v) is 4.96. The molecule has 0 heterocycles. The Hall–Kier alpha value is -1.18. The van der Waals surface area contributed by atoms with E-state index in [2.05, 4.69) is 15.4 Å². The second-order valence-corrected chi connectivity index (χ2v) is 3.85. The Labute approximate surface area is 71.5 Å². The van der Waals surface area contributed by atoms with E-state index in [0.717, 1.165) is 0 Å². The summed E-state index contributed by atoms with van der Waals surface area (Å²) in [5.41, 5.74) is 7.85. The third-order valence-corrected chi connectivity index (χ3v) is 2.26. The van der Waals surface area contributed by atoms with Crippen molar-refractivity contribution in [2.75, 3.05) is 5.75 Å². The van der Waals surface area contributed by atoms with Crippen molar-refractivity contribution in [1.29, 1.82) is 0 Å². The van der Waals surface area contributed by atoms with Crippen molar-refractivity contribution in [3.8, 4) is 12.3 Å². The largest absolute Gasteiger partial charge is 0.235 e. The zero-order valence-corrected chi connectivity index (χ0v) is 7.29. The summed E-state index contributed by atoms with van der Waals surface area (Å²) in [5.74, 6) is 2.26. The van der Waals surface area contributed by atoms with Gasteiger partial charge in [0.15, 0.2) is 0 Å². The van der Waals surface area contributed by atoms with E-state index in [4.69, 9.17) is 12.0 Å². The smallest absolute Gasteiger partial charge is 0.221 e. The van der Waals surface area contributed by atoms with Gasteiger partial charge in [-0.2, -0.15) is 0 Å². The van der Waals surface area contributed by atoms with Crippen LogP contribution in [0.25, 0.3) is 10.4 Å². The minimum Gasteiger partial charge on any atom is -0.221 e. The highest BCUT2D eigenvalue weighted by Crippen LogP contribution is 2.00. The minimum absolute atomic E-state index is 0.126. The molecule has 0 saturated heterocycles. The fraction of sp³-hybridized carbons (Fsp3) is 0.667. The molecule has 0 bridgehead atoms. The van der Waals surface area contributed by atoms with Gasteiger partial charge in [0.25, 0.3) is 0 Å². The summed E-state index contributed by atoms with van der Waals surface area (Å²) in [6, 6.07) is 0. The van der Waals surface area contributed by atoms with E-state index >= 15 is 0 Å². The number of rotatable bonds is 5. The molecule has 0 aliphatic heterocycles. The number of nitrogens with zero attached hydrogens (tertiary/aromatic N) is 3. The van der Waals surface area contributed by atoms with E-state index in [0.29, 0.717) is 19.3 Å². The molecule has 0 fully saturated rings. The highest BCUT2D eigenvalue weighted by atomic mass is 32.2. The van der Waals surface area contributed by atoms with Crippen LogP contribution in [0, 0.1) is 12.3 Å². The lowest BCUT2D eigenvalue weighted by Gasteiger charge is -1.93. The van der Waals surface area contributed by atoms with E-state index in [1.54, 1.807) is 0 Å². The van der Waals surface area contributed by atoms with Gasteiger partial charge in [-0.1, -0.05) is 0 Å². The molecule has 0 aromatic heterocycles. The Morgan fingerprint density at radius 1 is 1.50 bits per heavy atom. The maximum absolute atomic E-state index is 10.7. The molecule has 0 spiro atoms. The Balaban J connectivity index is 3.79. The van der Waals surface area contributed by atoms with Crippen LogP contribution in [0.3, 0.4) is 0 Å². The number of sulfonamides is 1. The standard InChI is InChI=1S/C6H9N3O2S/c1-2-3-4-5-6-12(10,11)9-8-7/h1H,3-6H2. The van der Waals surface area contributed by atoms with Crippen LogP contribution in [0.4, 0.5) is 0 Å². The summed E-state index contributed by atoms with van der Waals surface area (Å²) in [6.07, 6.45) is 6.57. The Morgan fingerprint density at radius 2 is 2.17 bits per heavy atom. The van der Waals surface area contributed by atoms with E-state index in [9.17, 15) is 8.42 Å². The van der Waals surface area contributed by atoms with Gasteiger partial charge in [0.1, 0.15) is 0 Å². The molecule has 0 aliphatic rings. The zero-order valence-electron chi connectivity index (χ0n) is 6.47. The minimum atomic E-state index is -3.57. The first kappa shape index (κ1) is 10.8. The van der Waals surface area contributed by atoms with Crippen LogP contribution < -0.4 is 0 Å². The molecule has 0 radical (unpaired) electrons. The summed E-state index contributed by atoms with van der Waals surface area (Å²) in [6.45, 7) is 0. The van der Waals surface area contributed by atoms with E-state index in [-0.39, 0.29) is 5.75 Å². The SMILES string of the molecule is C#CCCCCS(=O)(=O)N=[N+]=[N-]. The molecule has 0 N–H and O–H groups in total. The molecule has 5 nitrogen and oxygen atoms in total. The van der Waals surface area contributed by atoms with Gasteiger partial charge in [0, 0.05) is 15.9 Å². The van der Waals surface area contributed by atoms with Gasteiger partial charge in [-0.15, -0.1) is 12.3 Å². The van der Waals surface area contributed by atoms with Crippen LogP contribution in [0.5, 0.6) is 0 Å². The maximum Gasteiger partial charge on any atom is 0.235 e. The lowest BCUT2D eigenvalue weighted by molar-refractivity contribution is 0.593. The van der Waals surface area contributed by atoms with E-state index < -0.39 is 10.0 Å². The number of azide groups is 1. The molecule has 0 amide bonds. The van der Waals surface area contributed by atoms with E-state index in [1.165, 1.54) is 0 Å². The molecule has 0 atom stereocenters. The van der Waals surface area contributed by atoms with Crippen molar-refractivity contribution in [2.24, 2.45) is 4.52 Å². The maximum atomic E-state index is 10.7. The van der Waals surface area contributed by atoms with Crippen molar-refractivity contribution < 1.29 is 8.42 Å². The van der Waals surface area contributed by atoms with Crippen molar-refractivity contribution in [3.05, 3.63) is 10.4 Å². The molecule has 0 unspecified atom stereocenters. The average Bonchev–Trinajstić information content (AvgIpc) is 1.98. The van der Waals surface area contributed by atoms with Gasteiger partial charge in [-0.25, -0.2) is 8.42 Å². The van der Waals surface area contributed by atoms with Crippen molar-refractivity contribution in [3.63, 3.8) is 0 Å². The fourth-order valence-electron chi connectivity index (χ4n) is 0.608. The monoisotopic (exact) mass is 187 g/mol. The quantitative estimate of drug-likeness (QED) is 0.214. The predicted molar refractivity (Wildman–Crippen MR) is 45.6 cm³/mol. The summed E-state index contributed by atoms with van der Waals surface area (Å²) in [5, 5.41) is 0. The van der Waals surface area contributed by atoms with Crippen LogP contribution in [-0.4, -0.2) is 14.2 Å². The summed E-state index contributed by atoms with van der Waals surface area (Å²) >= 11 is 0. The first-order chi connectivity index (χ1) is 5.62. The molecule has 0 saturated carbocycles. The summed E-state index contributed by atoms with van der Waals surface area (Å²) < 4.78 is 24.1. The zero-order chi connectivity index (χ0) is 9.45. The van der Waals surface area contributed by atoms with Crippen molar-refractivity contribution >= 4 is 10.0 Å². The molecule has 66 valence electrons. The van der Waals surface area contributed by atoms with Crippen LogP contribution in [0.1, 0.15) is 19.3 Å². The van der Waals surface area contributed by atoms with Gasteiger partial charge >= 0.3 is 0 Å². The highest BCUT2D eigenvalue weighted by Gasteiger charge is 2.05. The van der Waals surface area contributed by atoms with Crippen LogP contribution in [-0.2, 0) is 10.0 Å². The predicted octanol–water partition coefficient (Wildman–Crippen LogP) is 1.43. The third kappa shape index (κ3) is 5.59. The molecule has 0 rings (SSSR count). The molecule has 6 heteroatoms.